The molecule has 0 aliphatic carbocycles. The standard InChI is InChI=1S/C15H22N2O3/c1-2-5-17-6-3-12(4-7-17)16-15(20)11-8-13(18)10-14(19)9-11/h8-10,12,18-19H,2-7H2,1H3,(H,16,20). The first-order chi connectivity index (χ1) is 9.58. The van der Waals surface area contributed by atoms with E-state index in [0.717, 1.165) is 38.9 Å². The summed E-state index contributed by atoms with van der Waals surface area (Å²) in [6.45, 7) is 5.29. The molecule has 20 heavy (non-hydrogen) atoms. The topological polar surface area (TPSA) is 72.8 Å². The largest absolute Gasteiger partial charge is 0.508 e. The van der Waals surface area contributed by atoms with Gasteiger partial charge in [0, 0.05) is 30.8 Å². The highest BCUT2D eigenvalue weighted by atomic mass is 16.3. The highest BCUT2D eigenvalue weighted by Gasteiger charge is 2.20. The van der Waals surface area contributed by atoms with Gasteiger partial charge in [0.25, 0.3) is 5.91 Å². The van der Waals surface area contributed by atoms with E-state index in [1.165, 1.54) is 18.2 Å². The lowest BCUT2D eigenvalue weighted by Crippen LogP contribution is -2.44. The molecule has 1 aliphatic rings. The predicted octanol–water partition coefficient (Wildman–Crippen LogP) is 1.70. The number of rotatable bonds is 4. The number of likely N-dealkylation sites (tertiary alicyclic amines) is 1. The van der Waals surface area contributed by atoms with Crippen molar-refractivity contribution in [3.8, 4) is 11.5 Å². The fraction of sp³-hybridized carbons (Fsp3) is 0.533. The van der Waals surface area contributed by atoms with Gasteiger partial charge in [0.05, 0.1) is 0 Å². The fourth-order valence-electron chi connectivity index (χ4n) is 2.61. The normalized spacial score (nSPS) is 17.1. The number of phenols is 2. The number of piperidine rings is 1. The third-order valence-electron chi connectivity index (χ3n) is 3.63. The molecule has 110 valence electrons. The maximum absolute atomic E-state index is 12.1. The molecule has 5 heteroatoms. The third kappa shape index (κ3) is 3.87. The van der Waals surface area contributed by atoms with Crippen molar-refractivity contribution in [3.05, 3.63) is 23.8 Å². The molecule has 0 radical (unpaired) electrons. The van der Waals surface area contributed by atoms with Crippen LogP contribution in [0.15, 0.2) is 18.2 Å². The first kappa shape index (κ1) is 14.7. The average Bonchev–Trinajstić information content (AvgIpc) is 2.40. The molecule has 3 N–H and O–H groups in total. The van der Waals surface area contributed by atoms with Gasteiger partial charge in [-0.1, -0.05) is 6.92 Å². The number of nitrogens with one attached hydrogen (secondary N) is 1. The molecule has 1 fully saturated rings. The molecular formula is C15H22N2O3. The van der Waals surface area contributed by atoms with E-state index in [9.17, 15) is 15.0 Å². The Kier molecular flexibility index (Phi) is 4.84. The van der Waals surface area contributed by atoms with Gasteiger partial charge in [-0.3, -0.25) is 4.79 Å². The molecular weight excluding hydrogens is 256 g/mol. The Labute approximate surface area is 119 Å². The van der Waals surface area contributed by atoms with Crippen LogP contribution in [0.4, 0.5) is 0 Å². The van der Waals surface area contributed by atoms with Crippen LogP contribution in [-0.2, 0) is 0 Å². The summed E-state index contributed by atoms with van der Waals surface area (Å²) in [5.41, 5.74) is 0.290. The maximum atomic E-state index is 12.1. The molecule has 0 saturated carbocycles. The van der Waals surface area contributed by atoms with E-state index >= 15 is 0 Å². The van der Waals surface area contributed by atoms with E-state index in [1.54, 1.807) is 0 Å². The van der Waals surface area contributed by atoms with Crippen molar-refractivity contribution < 1.29 is 15.0 Å². The molecule has 0 atom stereocenters. The minimum atomic E-state index is -0.245. The lowest BCUT2D eigenvalue weighted by atomic mass is 10.0. The Bertz CT molecular complexity index is 448. The number of amides is 1. The van der Waals surface area contributed by atoms with Crippen LogP contribution < -0.4 is 5.32 Å². The van der Waals surface area contributed by atoms with Crippen LogP contribution in [0.5, 0.6) is 11.5 Å². The summed E-state index contributed by atoms with van der Waals surface area (Å²) in [4.78, 5) is 14.5. The molecule has 0 unspecified atom stereocenters. The van der Waals surface area contributed by atoms with E-state index in [-0.39, 0.29) is 23.4 Å². The van der Waals surface area contributed by atoms with Gasteiger partial charge in [-0.25, -0.2) is 0 Å². The quantitative estimate of drug-likeness (QED) is 0.784. The lowest BCUT2D eigenvalue weighted by Gasteiger charge is -2.32. The summed E-state index contributed by atoms with van der Waals surface area (Å²) in [6.07, 6.45) is 3.03. The van der Waals surface area contributed by atoms with Crippen LogP contribution in [0.1, 0.15) is 36.5 Å². The number of carbonyl (C=O) groups excluding carboxylic acids is 1. The number of aromatic hydroxyl groups is 2. The van der Waals surface area contributed by atoms with Crippen LogP contribution in [0.25, 0.3) is 0 Å². The van der Waals surface area contributed by atoms with Crippen molar-refractivity contribution in [1.82, 2.24) is 10.2 Å². The molecule has 5 nitrogen and oxygen atoms in total. The third-order valence-corrected chi connectivity index (χ3v) is 3.63. The molecule has 1 amide bonds. The van der Waals surface area contributed by atoms with Crippen molar-refractivity contribution in [1.29, 1.82) is 0 Å². The van der Waals surface area contributed by atoms with Gasteiger partial charge in [0.1, 0.15) is 11.5 Å². The summed E-state index contributed by atoms with van der Waals surface area (Å²) < 4.78 is 0. The van der Waals surface area contributed by atoms with Gasteiger partial charge < -0.3 is 20.4 Å². The molecule has 1 heterocycles. The molecule has 1 aliphatic heterocycles. The average molecular weight is 278 g/mol. The summed E-state index contributed by atoms with van der Waals surface area (Å²) in [5, 5.41) is 21.8. The minimum Gasteiger partial charge on any atom is -0.508 e. The maximum Gasteiger partial charge on any atom is 0.251 e. The summed E-state index contributed by atoms with van der Waals surface area (Å²) in [7, 11) is 0. The SMILES string of the molecule is CCCN1CCC(NC(=O)c2cc(O)cc(O)c2)CC1. The van der Waals surface area contributed by atoms with Gasteiger partial charge in [0.2, 0.25) is 0 Å². The number of carbonyl (C=O) groups is 1. The monoisotopic (exact) mass is 278 g/mol. The number of hydrogen-bond donors (Lipinski definition) is 3. The van der Waals surface area contributed by atoms with Crippen molar-refractivity contribution in [2.75, 3.05) is 19.6 Å². The number of nitrogens with zero attached hydrogens (tertiary/aromatic N) is 1. The molecule has 0 aromatic heterocycles. The second-order valence-electron chi connectivity index (χ2n) is 5.33. The molecule has 1 aromatic carbocycles. The summed E-state index contributed by atoms with van der Waals surface area (Å²) >= 11 is 0. The van der Waals surface area contributed by atoms with Crippen LogP contribution in [0, 0.1) is 0 Å². The second kappa shape index (κ2) is 6.61. The Balaban J connectivity index is 1.89. The summed E-state index contributed by atoms with van der Waals surface area (Å²) in [5.74, 6) is -0.453. The van der Waals surface area contributed by atoms with Crippen LogP contribution in [0.2, 0.25) is 0 Å². The van der Waals surface area contributed by atoms with Crippen molar-refractivity contribution in [2.45, 2.75) is 32.2 Å². The minimum absolute atomic E-state index is 0.104. The predicted molar refractivity (Wildman–Crippen MR) is 77.0 cm³/mol. The van der Waals surface area contributed by atoms with Crippen LogP contribution in [-0.4, -0.2) is 46.7 Å². The van der Waals surface area contributed by atoms with E-state index in [1.807, 2.05) is 0 Å². The molecule has 0 bridgehead atoms. The van der Waals surface area contributed by atoms with Gasteiger partial charge in [-0.05, 0) is 37.9 Å². The number of benzene rings is 1. The van der Waals surface area contributed by atoms with Gasteiger partial charge >= 0.3 is 0 Å². The molecule has 1 saturated heterocycles. The zero-order valence-electron chi connectivity index (χ0n) is 11.8. The van der Waals surface area contributed by atoms with Crippen molar-refractivity contribution >= 4 is 5.91 Å². The lowest BCUT2D eigenvalue weighted by molar-refractivity contribution is 0.0910. The van der Waals surface area contributed by atoms with E-state index < -0.39 is 0 Å². The van der Waals surface area contributed by atoms with Gasteiger partial charge in [-0.2, -0.15) is 0 Å². The molecule has 0 spiro atoms. The van der Waals surface area contributed by atoms with Gasteiger partial charge in [0.15, 0.2) is 0 Å². The van der Waals surface area contributed by atoms with Crippen LogP contribution in [0.3, 0.4) is 0 Å². The number of phenolic OH excluding ortho intramolecular Hbond substituents is 2. The highest BCUT2D eigenvalue weighted by molar-refractivity contribution is 5.95. The number of hydrogen-bond acceptors (Lipinski definition) is 4. The zero-order chi connectivity index (χ0) is 14.5. The highest BCUT2D eigenvalue weighted by Crippen LogP contribution is 2.20. The zero-order valence-corrected chi connectivity index (χ0v) is 11.8. The molecule has 1 aromatic rings. The summed E-state index contributed by atoms with van der Waals surface area (Å²) in [6, 6.07) is 4.10. The first-order valence-electron chi connectivity index (χ1n) is 7.14. The van der Waals surface area contributed by atoms with E-state index in [2.05, 4.69) is 17.1 Å². The van der Waals surface area contributed by atoms with E-state index in [0.29, 0.717) is 5.56 Å². The Morgan fingerprint density at radius 3 is 2.40 bits per heavy atom. The molecule has 2 rings (SSSR count). The Morgan fingerprint density at radius 1 is 1.25 bits per heavy atom. The fourth-order valence-corrected chi connectivity index (χ4v) is 2.61. The second-order valence-corrected chi connectivity index (χ2v) is 5.33. The Morgan fingerprint density at radius 2 is 1.85 bits per heavy atom. The van der Waals surface area contributed by atoms with Crippen LogP contribution >= 0.6 is 0 Å². The van der Waals surface area contributed by atoms with Gasteiger partial charge in [-0.15, -0.1) is 0 Å². The first-order valence-corrected chi connectivity index (χ1v) is 7.14. The van der Waals surface area contributed by atoms with Crippen molar-refractivity contribution in [3.63, 3.8) is 0 Å². The smallest absolute Gasteiger partial charge is 0.251 e. The Hall–Kier alpha value is -1.75. The van der Waals surface area contributed by atoms with Crippen molar-refractivity contribution in [2.24, 2.45) is 0 Å². The van der Waals surface area contributed by atoms with E-state index in [4.69, 9.17) is 0 Å².